The van der Waals surface area contributed by atoms with Gasteiger partial charge in [0, 0.05) is 30.5 Å². The molecule has 92 valence electrons. The van der Waals surface area contributed by atoms with Gasteiger partial charge in [-0.3, -0.25) is 0 Å². The van der Waals surface area contributed by atoms with Gasteiger partial charge in [-0.2, -0.15) is 0 Å². The predicted octanol–water partition coefficient (Wildman–Crippen LogP) is 2.32. The molecule has 0 aliphatic carbocycles. The maximum atomic E-state index is 5.35. The highest BCUT2D eigenvalue weighted by Gasteiger charge is 2.04. The van der Waals surface area contributed by atoms with Gasteiger partial charge in [0.05, 0.1) is 17.3 Å². The van der Waals surface area contributed by atoms with E-state index in [0.717, 1.165) is 26.2 Å². The van der Waals surface area contributed by atoms with Crippen molar-refractivity contribution >= 4 is 11.3 Å². The lowest BCUT2D eigenvalue weighted by Gasteiger charge is -2.12. The second-order valence-electron chi connectivity index (χ2n) is 4.01. The van der Waals surface area contributed by atoms with Crippen LogP contribution in [-0.4, -0.2) is 30.8 Å². The Bertz CT molecular complexity index is 292. The van der Waals surface area contributed by atoms with Crippen LogP contribution in [0, 0.1) is 13.8 Å². The predicted molar refractivity (Wildman–Crippen MR) is 69.2 cm³/mol. The summed E-state index contributed by atoms with van der Waals surface area (Å²) >= 11 is 1.80. The van der Waals surface area contributed by atoms with Gasteiger partial charge in [-0.1, -0.05) is 0 Å². The van der Waals surface area contributed by atoms with Gasteiger partial charge in [-0.15, -0.1) is 11.3 Å². The third-order valence-corrected chi connectivity index (χ3v) is 3.61. The van der Waals surface area contributed by atoms with Crippen molar-refractivity contribution < 1.29 is 4.74 Å². The fourth-order valence-corrected chi connectivity index (χ4v) is 2.36. The van der Waals surface area contributed by atoms with Crippen LogP contribution in [0.15, 0.2) is 0 Å². The summed E-state index contributed by atoms with van der Waals surface area (Å²) in [6.07, 6.45) is 1.01. The molecule has 16 heavy (non-hydrogen) atoms. The Morgan fingerprint density at radius 1 is 1.44 bits per heavy atom. The fraction of sp³-hybridized carbons (Fsp3) is 0.750. The molecule has 1 unspecified atom stereocenters. The average molecular weight is 242 g/mol. The highest BCUT2D eigenvalue weighted by molar-refractivity contribution is 7.11. The summed E-state index contributed by atoms with van der Waals surface area (Å²) in [4.78, 5) is 5.85. The molecule has 0 fully saturated rings. The standard InChI is InChI=1S/C12H22N2OS/c1-5-15-8-9(2)13-7-6-12-14-10(3)11(4)16-12/h9,13H,5-8H2,1-4H3. The molecule has 1 aromatic rings. The van der Waals surface area contributed by atoms with E-state index in [2.05, 4.69) is 31.1 Å². The first-order valence-corrected chi connectivity index (χ1v) is 6.69. The van der Waals surface area contributed by atoms with Gasteiger partial charge in [0.2, 0.25) is 0 Å². The summed E-state index contributed by atoms with van der Waals surface area (Å²) in [5.41, 5.74) is 1.17. The number of rotatable bonds is 7. The largest absolute Gasteiger partial charge is 0.380 e. The van der Waals surface area contributed by atoms with E-state index < -0.39 is 0 Å². The smallest absolute Gasteiger partial charge is 0.0943 e. The van der Waals surface area contributed by atoms with Crippen LogP contribution in [0.5, 0.6) is 0 Å². The first-order valence-electron chi connectivity index (χ1n) is 5.87. The van der Waals surface area contributed by atoms with Crippen LogP contribution >= 0.6 is 11.3 Å². The van der Waals surface area contributed by atoms with E-state index >= 15 is 0 Å². The summed E-state index contributed by atoms with van der Waals surface area (Å²) < 4.78 is 5.35. The van der Waals surface area contributed by atoms with Gasteiger partial charge in [0.25, 0.3) is 0 Å². The zero-order chi connectivity index (χ0) is 12.0. The monoisotopic (exact) mass is 242 g/mol. The van der Waals surface area contributed by atoms with Gasteiger partial charge >= 0.3 is 0 Å². The van der Waals surface area contributed by atoms with Crippen LogP contribution in [0.2, 0.25) is 0 Å². The molecule has 1 N–H and O–H groups in total. The number of aromatic nitrogens is 1. The highest BCUT2D eigenvalue weighted by Crippen LogP contribution is 2.16. The van der Waals surface area contributed by atoms with Crippen LogP contribution in [0.25, 0.3) is 0 Å². The molecule has 3 nitrogen and oxygen atoms in total. The van der Waals surface area contributed by atoms with Crippen molar-refractivity contribution in [2.45, 2.75) is 40.2 Å². The molecule has 0 spiro atoms. The molecule has 0 saturated carbocycles. The fourth-order valence-electron chi connectivity index (χ4n) is 1.43. The molecule has 0 amide bonds. The van der Waals surface area contributed by atoms with Crippen LogP contribution in [0.1, 0.15) is 29.4 Å². The number of ether oxygens (including phenoxy) is 1. The molecule has 0 radical (unpaired) electrons. The van der Waals surface area contributed by atoms with E-state index in [-0.39, 0.29) is 0 Å². The topological polar surface area (TPSA) is 34.1 Å². The van der Waals surface area contributed by atoms with Gasteiger partial charge in [-0.25, -0.2) is 4.98 Å². The SMILES string of the molecule is CCOCC(C)NCCc1nc(C)c(C)s1. The zero-order valence-corrected chi connectivity index (χ0v) is 11.5. The maximum absolute atomic E-state index is 5.35. The minimum absolute atomic E-state index is 0.419. The molecule has 1 rings (SSSR count). The molecule has 0 aliphatic heterocycles. The normalized spacial score (nSPS) is 13.0. The van der Waals surface area contributed by atoms with Crippen molar-refractivity contribution in [3.63, 3.8) is 0 Å². The van der Waals surface area contributed by atoms with E-state index in [4.69, 9.17) is 4.74 Å². The Balaban J connectivity index is 2.20. The van der Waals surface area contributed by atoms with Crippen molar-refractivity contribution in [3.05, 3.63) is 15.6 Å². The molecule has 1 aromatic heterocycles. The van der Waals surface area contributed by atoms with Crippen molar-refractivity contribution in [1.82, 2.24) is 10.3 Å². The lowest BCUT2D eigenvalue weighted by Crippen LogP contribution is -2.32. The Morgan fingerprint density at radius 2 is 2.19 bits per heavy atom. The van der Waals surface area contributed by atoms with Gasteiger partial charge < -0.3 is 10.1 Å². The molecule has 0 aliphatic rings. The summed E-state index contributed by atoms with van der Waals surface area (Å²) in [5.74, 6) is 0. The van der Waals surface area contributed by atoms with E-state index in [1.165, 1.54) is 15.6 Å². The second-order valence-corrected chi connectivity index (χ2v) is 5.30. The molecular formula is C12H22N2OS. The first kappa shape index (κ1) is 13.6. The summed E-state index contributed by atoms with van der Waals surface area (Å²) in [7, 11) is 0. The van der Waals surface area contributed by atoms with Crippen molar-refractivity contribution in [3.8, 4) is 0 Å². The zero-order valence-electron chi connectivity index (χ0n) is 10.7. The highest BCUT2D eigenvalue weighted by atomic mass is 32.1. The van der Waals surface area contributed by atoms with Gasteiger partial charge in [0.1, 0.15) is 0 Å². The molecular weight excluding hydrogens is 220 g/mol. The van der Waals surface area contributed by atoms with Crippen LogP contribution in [-0.2, 0) is 11.2 Å². The quantitative estimate of drug-likeness (QED) is 0.797. The van der Waals surface area contributed by atoms with Gasteiger partial charge in [-0.05, 0) is 27.7 Å². The molecule has 4 heteroatoms. The molecule has 0 aromatic carbocycles. The van der Waals surface area contributed by atoms with E-state index in [1.54, 1.807) is 11.3 Å². The number of nitrogens with zero attached hydrogens (tertiary/aromatic N) is 1. The maximum Gasteiger partial charge on any atom is 0.0943 e. The minimum Gasteiger partial charge on any atom is -0.380 e. The molecule has 0 saturated heterocycles. The van der Waals surface area contributed by atoms with Crippen molar-refractivity contribution in [1.29, 1.82) is 0 Å². The third kappa shape index (κ3) is 4.60. The van der Waals surface area contributed by atoms with Crippen molar-refractivity contribution in [2.75, 3.05) is 19.8 Å². The summed E-state index contributed by atoms with van der Waals surface area (Å²) in [6, 6.07) is 0.419. The summed E-state index contributed by atoms with van der Waals surface area (Å²) in [6.45, 7) is 10.9. The molecule has 1 heterocycles. The lowest BCUT2D eigenvalue weighted by atomic mass is 10.3. The van der Waals surface area contributed by atoms with Crippen LogP contribution in [0.3, 0.4) is 0 Å². The summed E-state index contributed by atoms with van der Waals surface area (Å²) in [5, 5.41) is 4.66. The minimum atomic E-state index is 0.419. The van der Waals surface area contributed by atoms with Gasteiger partial charge in [0.15, 0.2) is 0 Å². The second kappa shape index (κ2) is 6.99. The van der Waals surface area contributed by atoms with Crippen molar-refractivity contribution in [2.24, 2.45) is 0 Å². The number of thiazole rings is 1. The first-order chi connectivity index (χ1) is 7.63. The molecule has 0 bridgehead atoms. The van der Waals surface area contributed by atoms with E-state index in [1.807, 2.05) is 6.92 Å². The Labute approximate surface area is 102 Å². The van der Waals surface area contributed by atoms with Crippen LogP contribution < -0.4 is 5.32 Å². The van der Waals surface area contributed by atoms with E-state index in [9.17, 15) is 0 Å². The number of hydrogen-bond donors (Lipinski definition) is 1. The lowest BCUT2D eigenvalue weighted by molar-refractivity contribution is 0.127. The average Bonchev–Trinajstić information content (AvgIpc) is 2.55. The third-order valence-electron chi connectivity index (χ3n) is 2.48. The Hall–Kier alpha value is -0.450. The Kier molecular flexibility index (Phi) is 5.95. The number of hydrogen-bond acceptors (Lipinski definition) is 4. The number of nitrogens with one attached hydrogen (secondary N) is 1. The Morgan fingerprint density at radius 3 is 2.75 bits per heavy atom. The molecule has 1 atom stereocenters. The van der Waals surface area contributed by atoms with E-state index in [0.29, 0.717) is 6.04 Å². The number of aryl methyl sites for hydroxylation is 2. The van der Waals surface area contributed by atoms with Crippen LogP contribution in [0.4, 0.5) is 0 Å².